The molecule has 0 saturated carbocycles. The molecule has 5 rings (SSSR count). The number of amides is 1. The van der Waals surface area contributed by atoms with Crippen LogP contribution in [-0.2, 0) is 30.5 Å². The lowest BCUT2D eigenvalue weighted by molar-refractivity contribution is -0.180. The second-order valence-corrected chi connectivity index (χ2v) is 12.9. The lowest BCUT2D eigenvalue weighted by atomic mass is 9.86. The Morgan fingerprint density at radius 1 is 1.02 bits per heavy atom. The van der Waals surface area contributed by atoms with E-state index in [-0.39, 0.29) is 32.5 Å². The first kappa shape index (κ1) is 30.0. The number of hydrogen-bond donors (Lipinski definition) is 2. The van der Waals surface area contributed by atoms with E-state index < -0.39 is 44.1 Å². The van der Waals surface area contributed by atoms with Crippen LogP contribution in [0.25, 0.3) is 0 Å². The van der Waals surface area contributed by atoms with Gasteiger partial charge in [-0.25, -0.2) is 13.2 Å². The van der Waals surface area contributed by atoms with Crippen LogP contribution in [0, 0.1) is 0 Å². The highest BCUT2D eigenvalue weighted by molar-refractivity contribution is 7.92. The fourth-order valence-electron chi connectivity index (χ4n) is 5.86. The molecular formula is C29H28Cl2N2O8S. The topological polar surface area (TPSA) is 131 Å². The summed E-state index contributed by atoms with van der Waals surface area (Å²) in [4.78, 5) is 28.2. The van der Waals surface area contributed by atoms with E-state index >= 15 is 0 Å². The number of alkyl halides is 1. The third-order valence-electron chi connectivity index (χ3n) is 7.83. The third-order valence-corrected chi connectivity index (χ3v) is 11.3. The maximum Gasteiger partial charge on any atom is 0.361 e. The molecule has 0 spiro atoms. The molecule has 42 heavy (non-hydrogen) atoms. The van der Waals surface area contributed by atoms with Gasteiger partial charge in [0.15, 0.2) is 26.1 Å². The van der Waals surface area contributed by atoms with Crippen molar-refractivity contribution in [1.29, 1.82) is 0 Å². The third kappa shape index (κ3) is 4.13. The van der Waals surface area contributed by atoms with Crippen LogP contribution >= 0.6 is 23.2 Å². The summed E-state index contributed by atoms with van der Waals surface area (Å²) < 4.78 is 42.7. The molecule has 0 bridgehead atoms. The number of ether oxygens (including phenoxy) is 3. The Kier molecular flexibility index (Phi) is 7.82. The van der Waals surface area contributed by atoms with Gasteiger partial charge in [-0.15, -0.1) is 11.6 Å². The minimum atomic E-state index is -4.91. The van der Waals surface area contributed by atoms with E-state index in [9.17, 15) is 23.1 Å². The van der Waals surface area contributed by atoms with E-state index in [1.165, 1.54) is 56.7 Å². The molecule has 2 aliphatic heterocycles. The largest absolute Gasteiger partial charge is 0.493 e. The van der Waals surface area contributed by atoms with Gasteiger partial charge in [-0.05, 0) is 53.9 Å². The Balaban J connectivity index is 1.81. The van der Waals surface area contributed by atoms with Crippen molar-refractivity contribution in [2.75, 3.05) is 39.7 Å². The van der Waals surface area contributed by atoms with E-state index in [1.54, 1.807) is 18.2 Å². The standard InChI is InChI=1S/C29H28Cl2N2O8S/c1-39-23-11-9-19(15-24(23)40-2)42(37,38)28(20-6-4-5-7-21(20)30)25(31)16-33(29(28,36)27(35)41-3)26(34)18-8-10-22-17(14-18)12-13-32-22/h4-11,14-15,25,32,36H,12-13,16H2,1-3H3/t25?,28?,29-/m0/s1. The molecule has 1 fully saturated rings. The summed E-state index contributed by atoms with van der Waals surface area (Å²) in [5.74, 6) is -1.92. The highest BCUT2D eigenvalue weighted by Crippen LogP contribution is 2.57. The monoisotopic (exact) mass is 634 g/mol. The maximum absolute atomic E-state index is 14.9. The lowest BCUT2D eigenvalue weighted by Gasteiger charge is -2.43. The Bertz CT molecular complexity index is 1680. The second-order valence-electron chi connectivity index (χ2n) is 9.83. The molecule has 10 nitrogen and oxygen atoms in total. The van der Waals surface area contributed by atoms with Crippen LogP contribution in [-0.4, -0.2) is 75.8 Å². The maximum atomic E-state index is 14.9. The number of likely N-dealkylation sites (tertiary alicyclic amines) is 1. The normalized spacial score (nSPS) is 23.2. The zero-order valence-electron chi connectivity index (χ0n) is 22.9. The van der Waals surface area contributed by atoms with Crippen LogP contribution in [0.3, 0.4) is 0 Å². The zero-order valence-corrected chi connectivity index (χ0v) is 25.2. The number of sulfone groups is 1. The van der Waals surface area contributed by atoms with E-state index in [1.807, 2.05) is 0 Å². The van der Waals surface area contributed by atoms with Crippen molar-refractivity contribution in [2.24, 2.45) is 0 Å². The highest BCUT2D eigenvalue weighted by atomic mass is 35.5. The summed E-state index contributed by atoms with van der Waals surface area (Å²) in [5, 5.41) is 14.1. The number of fused-ring (bicyclic) bond motifs is 1. The number of nitrogens with one attached hydrogen (secondary N) is 1. The van der Waals surface area contributed by atoms with Crippen molar-refractivity contribution in [2.45, 2.75) is 27.2 Å². The molecule has 3 atom stereocenters. The van der Waals surface area contributed by atoms with Crippen LogP contribution in [0.5, 0.6) is 11.5 Å². The van der Waals surface area contributed by atoms with Gasteiger partial charge < -0.3 is 24.6 Å². The number of anilines is 1. The predicted molar refractivity (Wildman–Crippen MR) is 156 cm³/mol. The molecule has 1 saturated heterocycles. The molecule has 1 amide bonds. The van der Waals surface area contributed by atoms with Crippen molar-refractivity contribution in [3.63, 3.8) is 0 Å². The molecule has 2 aliphatic rings. The molecule has 0 aliphatic carbocycles. The van der Waals surface area contributed by atoms with E-state index in [0.717, 1.165) is 23.3 Å². The minimum absolute atomic E-state index is 0.0679. The molecule has 0 aromatic heterocycles. The summed E-state index contributed by atoms with van der Waals surface area (Å²) in [6, 6.07) is 14.5. The van der Waals surface area contributed by atoms with Crippen molar-refractivity contribution in [3.8, 4) is 11.5 Å². The zero-order chi connectivity index (χ0) is 30.4. The number of aliphatic hydroxyl groups is 1. The summed E-state index contributed by atoms with van der Waals surface area (Å²) in [7, 11) is -1.22. The molecule has 3 aromatic rings. The van der Waals surface area contributed by atoms with E-state index in [4.69, 9.17) is 37.4 Å². The first-order chi connectivity index (χ1) is 20.0. The predicted octanol–water partition coefficient (Wildman–Crippen LogP) is 3.62. The fraction of sp³-hybridized carbons (Fsp3) is 0.310. The number of methoxy groups -OCH3 is 3. The Hall–Kier alpha value is -3.51. The van der Waals surface area contributed by atoms with Crippen LogP contribution in [0.4, 0.5) is 5.69 Å². The van der Waals surface area contributed by atoms with Gasteiger partial charge in [-0.3, -0.25) is 9.69 Å². The average molecular weight is 636 g/mol. The van der Waals surface area contributed by atoms with Gasteiger partial charge in [-0.2, -0.15) is 0 Å². The first-order valence-corrected chi connectivity index (χ1v) is 15.1. The molecular weight excluding hydrogens is 607 g/mol. The highest BCUT2D eigenvalue weighted by Gasteiger charge is 2.77. The van der Waals surface area contributed by atoms with Crippen molar-refractivity contribution < 1.29 is 37.3 Å². The van der Waals surface area contributed by atoms with E-state index in [0.29, 0.717) is 13.0 Å². The van der Waals surface area contributed by atoms with Gasteiger partial charge in [0.1, 0.15) is 0 Å². The quantitative estimate of drug-likeness (QED) is 0.295. The minimum Gasteiger partial charge on any atom is -0.493 e. The summed E-state index contributed by atoms with van der Waals surface area (Å²) in [5.41, 5.74) is -1.52. The molecule has 3 aromatic carbocycles. The Morgan fingerprint density at radius 2 is 1.74 bits per heavy atom. The number of rotatable bonds is 7. The Labute approximate surface area is 253 Å². The van der Waals surface area contributed by atoms with Crippen LogP contribution < -0.4 is 14.8 Å². The van der Waals surface area contributed by atoms with Crippen LogP contribution in [0.15, 0.2) is 65.6 Å². The number of carbonyl (C=O) groups is 2. The van der Waals surface area contributed by atoms with Crippen LogP contribution in [0.2, 0.25) is 5.02 Å². The number of benzene rings is 3. The van der Waals surface area contributed by atoms with Crippen LogP contribution in [0.1, 0.15) is 21.5 Å². The number of esters is 1. The van der Waals surface area contributed by atoms with Gasteiger partial charge in [0, 0.05) is 35.4 Å². The number of nitrogens with zero attached hydrogens (tertiary/aromatic N) is 1. The molecule has 2 unspecified atom stereocenters. The van der Waals surface area contributed by atoms with Crippen molar-refractivity contribution in [1.82, 2.24) is 4.90 Å². The first-order valence-electron chi connectivity index (χ1n) is 12.8. The molecule has 222 valence electrons. The number of hydrogen-bond acceptors (Lipinski definition) is 9. The van der Waals surface area contributed by atoms with Crippen molar-refractivity contribution >= 4 is 50.6 Å². The number of carbonyl (C=O) groups excluding carboxylic acids is 2. The lowest BCUT2D eigenvalue weighted by Crippen LogP contribution is -2.67. The second kappa shape index (κ2) is 11.0. The van der Waals surface area contributed by atoms with E-state index in [2.05, 4.69) is 5.32 Å². The van der Waals surface area contributed by atoms with Gasteiger partial charge in [-0.1, -0.05) is 29.8 Å². The molecule has 0 radical (unpaired) electrons. The van der Waals surface area contributed by atoms with Gasteiger partial charge >= 0.3 is 5.97 Å². The van der Waals surface area contributed by atoms with Gasteiger partial charge in [0.2, 0.25) is 0 Å². The Morgan fingerprint density at radius 3 is 2.40 bits per heavy atom. The SMILES string of the molecule is COC(=O)[C@@]1(O)N(C(=O)c2ccc3c(c2)CCN3)CC(Cl)C1(c1ccccc1Cl)S(=O)(=O)c1ccc(OC)c(OC)c1. The summed E-state index contributed by atoms with van der Waals surface area (Å²) in [6.45, 7) is 0.144. The van der Waals surface area contributed by atoms with Gasteiger partial charge in [0.05, 0.1) is 31.6 Å². The molecule has 2 heterocycles. The van der Waals surface area contributed by atoms with Gasteiger partial charge in [0.25, 0.3) is 11.6 Å². The van der Waals surface area contributed by atoms with Crippen molar-refractivity contribution in [3.05, 3.63) is 82.4 Å². The fourth-order valence-corrected chi connectivity index (χ4v) is 9.29. The molecule has 2 N–H and O–H groups in total. The molecule has 13 heteroatoms. The smallest absolute Gasteiger partial charge is 0.361 e. The average Bonchev–Trinajstić information content (AvgIpc) is 3.56. The summed E-state index contributed by atoms with van der Waals surface area (Å²) >= 11 is 13.5. The number of halogens is 2. The summed E-state index contributed by atoms with van der Waals surface area (Å²) in [6.07, 6.45) is 0.660.